The zero-order valence-corrected chi connectivity index (χ0v) is 18.6. The van der Waals surface area contributed by atoms with Gasteiger partial charge in [0.05, 0.1) is 17.7 Å². The van der Waals surface area contributed by atoms with Crippen LogP contribution in [0, 0.1) is 5.82 Å². The summed E-state index contributed by atoms with van der Waals surface area (Å²) in [6.07, 6.45) is -2.07. The number of halogens is 3. The van der Waals surface area contributed by atoms with Crippen LogP contribution >= 0.6 is 0 Å². The van der Waals surface area contributed by atoms with Crippen LogP contribution in [0.25, 0.3) is 10.9 Å². The summed E-state index contributed by atoms with van der Waals surface area (Å²) in [6.45, 7) is 4.42. The second-order valence-electron chi connectivity index (χ2n) is 9.47. The van der Waals surface area contributed by atoms with Crippen LogP contribution in [0.3, 0.4) is 0 Å². The predicted molar refractivity (Wildman–Crippen MR) is 118 cm³/mol. The number of aromatic amines is 1. The number of hydrogen-bond donors (Lipinski definition) is 3. The minimum atomic E-state index is -3.74. The Hall–Kier alpha value is -3.24. The molecular formula is C24H24F3N3O4. The maximum absolute atomic E-state index is 14.9. The lowest BCUT2D eigenvalue weighted by Crippen LogP contribution is -2.28. The maximum atomic E-state index is 14.9. The molecule has 0 saturated heterocycles. The molecule has 0 unspecified atom stereocenters. The van der Waals surface area contributed by atoms with Crippen molar-refractivity contribution in [2.24, 2.45) is 5.90 Å². The number of benzene rings is 2. The summed E-state index contributed by atoms with van der Waals surface area (Å²) in [7, 11) is 0. The number of anilines is 1. The monoisotopic (exact) mass is 475 g/mol. The Balaban J connectivity index is 1.39. The minimum absolute atomic E-state index is 0.0460. The highest BCUT2D eigenvalue weighted by molar-refractivity contribution is 6.02. The van der Waals surface area contributed by atoms with Crippen molar-refractivity contribution in [3.63, 3.8) is 0 Å². The first-order valence-corrected chi connectivity index (χ1v) is 10.9. The number of H-pyrrole nitrogens is 1. The molecule has 10 heteroatoms. The summed E-state index contributed by atoms with van der Waals surface area (Å²) in [5, 5.41) is 3.42. The quantitative estimate of drug-likeness (QED) is 0.424. The van der Waals surface area contributed by atoms with Crippen LogP contribution in [-0.4, -0.2) is 23.8 Å². The minimum Gasteiger partial charge on any atom is -0.395 e. The molecule has 34 heavy (non-hydrogen) atoms. The Kier molecular flexibility index (Phi) is 5.07. The van der Waals surface area contributed by atoms with E-state index in [2.05, 4.69) is 19.8 Å². The van der Waals surface area contributed by atoms with Crippen LogP contribution in [0.5, 0.6) is 11.5 Å². The molecule has 2 heterocycles. The van der Waals surface area contributed by atoms with Crippen molar-refractivity contribution in [3.05, 3.63) is 53.5 Å². The molecule has 3 aromatic rings. The zero-order valence-electron chi connectivity index (χ0n) is 18.6. The Morgan fingerprint density at radius 1 is 1.18 bits per heavy atom. The molecule has 2 aromatic carbocycles. The van der Waals surface area contributed by atoms with Gasteiger partial charge in [0.15, 0.2) is 11.5 Å². The van der Waals surface area contributed by atoms with Gasteiger partial charge in [-0.25, -0.2) is 10.3 Å². The first-order chi connectivity index (χ1) is 16.0. The molecule has 5 rings (SSSR count). The summed E-state index contributed by atoms with van der Waals surface area (Å²) in [5.41, 5.74) is 0.824. The van der Waals surface area contributed by atoms with Gasteiger partial charge in [-0.1, -0.05) is 19.9 Å². The van der Waals surface area contributed by atoms with Gasteiger partial charge in [0.1, 0.15) is 5.82 Å². The normalized spacial score (nSPS) is 17.7. The molecule has 0 atom stereocenters. The number of rotatable bonds is 7. The van der Waals surface area contributed by atoms with Crippen molar-refractivity contribution in [2.45, 2.75) is 50.2 Å². The molecule has 1 aliphatic heterocycles. The highest BCUT2D eigenvalue weighted by Gasteiger charge is 2.53. The number of fused-ring (bicyclic) bond motifs is 2. The number of hydrogen-bond acceptors (Lipinski definition) is 5. The second kappa shape index (κ2) is 7.64. The molecule has 0 radical (unpaired) electrons. The lowest BCUT2D eigenvalue weighted by atomic mass is 9.86. The molecule has 1 fully saturated rings. The van der Waals surface area contributed by atoms with Crippen molar-refractivity contribution in [2.75, 3.05) is 11.9 Å². The molecular weight excluding hydrogens is 451 g/mol. The lowest BCUT2D eigenvalue weighted by Gasteiger charge is -2.22. The van der Waals surface area contributed by atoms with Crippen molar-refractivity contribution in [1.29, 1.82) is 0 Å². The standard InChI is InChI=1S/C24H24F3N3O4/c1-22(2,7-8-32-28)20-10-13-9-17(15(25)12-16(13)29-20)30-21(31)23(5-6-23)14-3-4-18-19(11-14)34-24(26,27)33-18/h3-4,9-12,29H,5-8,28H2,1-2H3,(H,30,31). The van der Waals surface area contributed by atoms with E-state index in [0.717, 1.165) is 11.1 Å². The van der Waals surface area contributed by atoms with Gasteiger partial charge in [-0.3, -0.25) is 4.79 Å². The average Bonchev–Trinajstić information content (AvgIpc) is 3.38. The number of nitrogens with two attached hydrogens (primary N) is 1. The topological polar surface area (TPSA) is 98.6 Å². The summed E-state index contributed by atoms with van der Waals surface area (Å²) >= 11 is 0. The third-order valence-corrected chi connectivity index (χ3v) is 6.67. The van der Waals surface area contributed by atoms with E-state index in [1.54, 1.807) is 12.1 Å². The van der Waals surface area contributed by atoms with E-state index >= 15 is 0 Å². The predicted octanol–water partition coefficient (Wildman–Crippen LogP) is 4.86. The molecule has 2 aliphatic rings. The lowest BCUT2D eigenvalue weighted by molar-refractivity contribution is -0.286. The van der Waals surface area contributed by atoms with Gasteiger partial charge in [0, 0.05) is 28.1 Å². The van der Waals surface area contributed by atoms with Gasteiger partial charge in [-0.2, -0.15) is 0 Å². The van der Waals surface area contributed by atoms with E-state index in [0.29, 0.717) is 36.9 Å². The van der Waals surface area contributed by atoms with Gasteiger partial charge in [-0.05, 0) is 49.1 Å². The molecule has 7 nitrogen and oxygen atoms in total. The molecule has 180 valence electrons. The third kappa shape index (κ3) is 3.86. The molecule has 1 saturated carbocycles. The number of alkyl halides is 2. The van der Waals surface area contributed by atoms with E-state index in [9.17, 15) is 18.0 Å². The van der Waals surface area contributed by atoms with Crippen molar-refractivity contribution >= 4 is 22.5 Å². The summed E-state index contributed by atoms with van der Waals surface area (Å²) in [4.78, 5) is 21.1. The fourth-order valence-corrected chi connectivity index (χ4v) is 4.32. The number of carbonyl (C=O) groups is 1. The van der Waals surface area contributed by atoms with Gasteiger partial charge in [0.25, 0.3) is 0 Å². The van der Waals surface area contributed by atoms with Crippen LogP contribution in [0.15, 0.2) is 36.4 Å². The Labute approximate surface area is 193 Å². The number of carbonyl (C=O) groups excluding carboxylic acids is 1. The van der Waals surface area contributed by atoms with Crippen LogP contribution < -0.4 is 20.7 Å². The average molecular weight is 475 g/mol. The molecule has 1 amide bonds. The van der Waals surface area contributed by atoms with E-state index in [4.69, 9.17) is 10.7 Å². The van der Waals surface area contributed by atoms with Crippen LogP contribution in [0.4, 0.5) is 18.9 Å². The van der Waals surface area contributed by atoms with E-state index in [-0.39, 0.29) is 22.6 Å². The molecule has 0 bridgehead atoms. The number of aromatic nitrogens is 1. The van der Waals surface area contributed by atoms with Crippen molar-refractivity contribution in [3.8, 4) is 11.5 Å². The van der Waals surface area contributed by atoms with E-state index < -0.39 is 23.4 Å². The highest BCUT2D eigenvalue weighted by Crippen LogP contribution is 2.52. The van der Waals surface area contributed by atoms with E-state index in [1.165, 1.54) is 18.2 Å². The summed E-state index contributed by atoms with van der Waals surface area (Å²) in [6, 6.07) is 9.12. The van der Waals surface area contributed by atoms with Crippen molar-refractivity contribution in [1.82, 2.24) is 4.98 Å². The Bertz CT molecular complexity index is 1280. The molecule has 1 aromatic heterocycles. The van der Waals surface area contributed by atoms with E-state index in [1.807, 2.05) is 19.9 Å². The maximum Gasteiger partial charge on any atom is 0.586 e. The van der Waals surface area contributed by atoms with Gasteiger partial charge >= 0.3 is 6.29 Å². The van der Waals surface area contributed by atoms with Gasteiger partial charge < -0.3 is 24.6 Å². The Morgan fingerprint density at radius 3 is 2.62 bits per heavy atom. The fraction of sp³-hybridized carbons (Fsp3) is 0.375. The highest BCUT2D eigenvalue weighted by atomic mass is 19.3. The first kappa shape index (κ1) is 22.5. The summed E-state index contributed by atoms with van der Waals surface area (Å²) in [5.74, 6) is 3.93. The summed E-state index contributed by atoms with van der Waals surface area (Å²) < 4.78 is 50.5. The van der Waals surface area contributed by atoms with Gasteiger partial charge in [-0.15, -0.1) is 8.78 Å². The largest absolute Gasteiger partial charge is 0.586 e. The number of amides is 1. The number of nitrogens with one attached hydrogen (secondary N) is 2. The second-order valence-corrected chi connectivity index (χ2v) is 9.47. The van der Waals surface area contributed by atoms with Crippen LogP contribution in [0.1, 0.15) is 44.4 Å². The number of ether oxygens (including phenoxy) is 2. The Morgan fingerprint density at radius 2 is 1.91 bits per heavy atom. The molecule has 0 spiro atoms. The first-order valence-electron chi connectivity index (χ1n) is 10.9. The van der Waals surface area contributed by atoms with Crippen LogP contribution in [0.2, 0.25) is 0 Å². The zero-order chi connectivity index (χ0) is 24.3. The van der Waals surface area contributed by atoms with Crippen molar-refractivity contribution < 1.29 is 32.3 Å². The van der Waals surface area contributed by atoms with Gasteiger partial charge in [0.2, 0.25) is 5.91 Å². The third-order valence-electron chi connectivity index (χ3n) is 6.67. The van der Waals surface area contributed by atoms with Crippen LogP contribution in [-0.2, 0) is 20.5 Å². The SMILES string of the molecule is CC(C)(CCON)c1cc2cc(NC(=O)C3(c4ccc5c(c4)OC(F)(F)O5)CC3)c(F)cc2[nH]1. The molecule has 4 N–H and O–H groups in total. The molecule has 1 aliphatic carbocycles. The fourth-order valence-electron chi connectivity index (χ4n) is 4.32. The smallest absolute Gasteiger partial charge is 0.395 e.